The Bertz CT molecular complexity index is 7950. The molecule has 0 aliphatic heterocycles. The van der Waals surface area contributed by atoms with Crippen molar-refractivity contribution in [1.82, 2.24) is 0 Å². The third-order valence-corrected chi connectivity index (χ3v) is 24.7. The topological polar surface area (TPSA) is 0 Å². The van der Waals surface area contributed by atoms with Gasteiger partial charge in [0.25, 0.3) is 0 Å². The predicted molar refractivity (Wildman–Crippen MR) is 518 cm³/mol. The van der Waals surface area contributed by atoms with Gasteiger partial charge in [-0.25, -0.2) is 0 Å². The van der Waals surface area contributed by atoms with Crippen molar-refractivity contribution in [2.45, 2.75) is 0 Å². The van der Waals surface area contributed by atoms with Gasteiger partial charge in [-0.1, -0.05) is 455 Å². The summed E-state index contributed by atoms with van der Waals surface area (Å²) < 4.78 is 0. The van der Waals surface area contributed by atoms with E-state index in [2.05, 4.69) is 473 Å². The number of hydrogen-bond donors (Lipinski definition) is 0. The lowest BCUT2D eigenvalue weighted by Crippen LogP contribution is -1.92. The first-order valence-corrected chi connectivity index (χ1v) is 41.6. The zero-order valence-corrected chi connectivity index (χ0v) is 66.0. The van der Waals surface area contributed by atoms with Gasteiger partial charge in [0.15, 0.2) is 0 Å². The molecule has 0 saturated heterocycles. The molecule has 0 atom stereocenters. The van der Waals surface area contributed by atoms with Crippen LogP contribution in [0.1, 0.15) is 0 Å². The molecule has 24 aromatic rings. The van der Waals surface area contributed by atoms with Gasteiger partial charge >= 0.3 is 0 Å². The van der Waals surface area contributed by atoms with Gasteiger partial charge in [0, 0.05) is 0 Å². The van der Waals surface area contributed by atoms with Gasteiger partial charge in [-0.2, -0.15) is 0 Å². The lowest BCUT2D eigenvalue weighted by Gasteiger charge is -2.19. The Morgan fingerprint density at radius 1 is 0.0833 bits per heavy atom. The summed E-state index contributed by atoms with van der Waals surface area (Å²) in [5, 5.41) is 30.6. The van der Waals surface area contributed by atoms with E-state index in [1.807, 2.05) is 0 Å². The van der Waals surface area contributed by atoms with Crippen LogP contribution in [0.3, 0.4) is 0 Å². The minimum absolute atomic E-state index is 1.23. The molecule has 0 heteroatoms. The predicted octanol–water partition coefficient (Wildman–Crippen LogP) is 33.9. The lowest BCUT2D eigenvalue weighted by atomic mass is 9.84. The molecule has 0 bridgehead atoms. The van der Waals surface area contributed by atoms with Crippen molar-refractivity contribution in [2.24, 2.45) is 0 Å². The maximum atomic E-state index is 2.36. The maximum Gasteiger partial charge on any atom is -0.00201 e. The summed E-state index contributed by atoms with van der Waals surface area (Å²) in [6.45, 7) is 0. The highest BCUT2D eigenvalue weighted by atomic mass is 14.3. The van der Waals surface area contributed by atoms with E-state index < -0.39 is 0 Å². The molecule has 0 unspecified atom stereocenters. The Balaban J connectivity index is 0.000000108. The third-order valence-electron chi connectivity index (χ3n) is 24.7. The molecular formula is C120H78. The van der Waals surface area contributed by atoms with E-state index in [1.54, 1.807) is 0 Å². The van der Waals surface area contributed by atoms with E-state index in [0.717, 1.165) is 0 Å². The molecule has 0 nitrogen and oxygen atoms in total. The molecule has 120 heavy (non-hydrogen) atoms. The first-order valence-electron chi connectivity index (χ1n) is 41.6. The lowest BCUT2D eigenvalue weighted by molar-refractivity contribution is 1.63. The number of hydrogen-bond acceptors (Lipinski definition) is 0. The summed E-state index contributed by atoms with van der Waals surface area (Å²) in [6, 6.07) is 173. The van der Waals surface area contributed by atoms with Crippen molar-refractivity contribution in [3.8, 4) is 100 Å². The fraction of sp³-hybridized carbons (Fsp3) is 0. The van der Waals surface area contributed by atoms with Crippen LogP contribution in [-0.2, 0) is 0 Å². The van der Waals surface area contributed by atoms with Crippen LogP contribution in [0.4, 0.5) is 0 Å². The molecule has 0 amide bonds. The Morgan fingerprint density at radius 3 is 0.617 bits per heavy atom. The largest absolute Gasteiger partial charge is 0.0616 e. The monoisotopic (exact) mass is 1520 g/mol. The first-order chi connectivity index (χ1) is 59.6. The van der Waals surface area contributed by atoms with Crippen LogP contribution in [0.15, 0.2) is 473 Å². The summed E-state index contributed by atoms with van der Waals surface area (Å²) in [5.41, 5.74) is 22.8. The summed E-state index contributed by atoms with van der Waals surface area (Å²) >= 11 is 0. The average Bonchev–Trinajstić information content (AvgIpc) is 0.736. The molecule has 0 radical (unpaired) electrons. The highest BCUT2D eigenvalue weighted by molar-refractivity contribution is 6.27. The van der Waals surface area contributed by atoms with E-state index in [4.69, 9.17) is 0 Å². The van der Waals surface area contributed by atoms with Crippen LogP contribution in [0, 0.1) is 0 Å². The second-order valence-electron chi connectivity index (χ2n) is 31.5. The van der Waals surface area contributed by atoms with Gasteiger partial charge in [-0.15, -0.1) is 0 Å². The molecule has 0 spiro atoms. The Labute approximate surface area is 697 Å². The van der Waals surface area contributed by atoms with E-state index in [-0.39, 0.29) is 0 Å². The van der Waals surface area contributed by atoms with Gasteiger partial charge in [0.2, 0.25) is 0 Å². The van der Waals surface area contributed by atoms with Gasteiger partial charge in [0.05, 0.1) is 0 Å². The van der Waals surface area contributed by atoms with E-state index >= 15 is 0 Å². The quantitative estimate of drug-likeness (QED) is 0.126. The SMILES string of the molecule is c1cc(-c2ccc3ccccc3c2)cc(-c2c3ccccc3c(-c3cccc4ccccc34)c3ccccc23)c1.c1ccc2c(-c3ccc(-c4c5ccccc5c(-c5cccc6ccccc56)c5ccccc45)cc3)cccc2c1.c1ccc2cc(-c3ccc(-c4c5ccccc5c(-c5cccc6ccccc56)c5ccccc45)cc3)ccc2c1. The van der Waals surface area contributed by atoms with Crippen molar-refractivity contribution in [3.05, 3.63) is 473 Å². The molecule has 24 rings (SSSR count). The minimum Gasteiger partial charge on any atom is -0.0616 e. The molecule has 0 aliphatic rings. The summed E-state index contributed by atoms with van der Waals surface area (Å²) in [7, 11) is 0. The summed E-state index contributed by atoms with van der Waals surface area (Å²) in [4.78, 5) is 0. The first kappa shape index (κ1) is 71.0. The molecule has 0 aromatic heterocycles. The normalized spacial score (nSPS) is 11.5. The fourth-order valence-electron chi connectivity index (χ4n) is 19.2. The highest BCUT2D eigenvalue weighted by Gasteiger charge is 2.23. The smallest absolute Gasteiger partial charge is 0.00201 e. The van der Waals surface area contributed by atoms with Crippen molar-refractivity contribution in [3.63, 3.8) is 0 Å². The van der Waals surface area contributed by atoms with Crippen molar-refractivity contribution in [1.29, 1.82) is 0 Å². The Hall–Kier alpha value is -15.6. The van der Waals surface area contributed by atoms with Crippen LogP contribution >= 0.6 is 0 Å². The van der Waals surface area contributed by atoms with Crippen molar-refractivity contribution in [2.75, 3.05) is 0 Å². The van der Waals surface area contributed by atoms with Gasteiger partial charge in [-0.3, -0.25) is 0 Å². The van der Waals surface area contributed by atoms with E-state index in [0.29, 0.717) is 0 Å². The summed E-state index contributed by atoms with van der Waals surface area (Å²) in [5.74, 6) is 0. The second-order valence-corrected chi connectivity index (χ2v) is 31.5. The van der Waals surface area contributed by atoms with Crippen LogP contribution < -0.4 is 0 Å². The van der Waals surface area contributed by atoms with Crippen LogP contribution in [0.2, 0.25) is 0 Å². The zero-order valence-electron chi connectivity index (χ0n) is 66.0. The second kappa shape index (κ2) is 30.5. The molecule has 558 valence electrons. The van der Waals surface area contributed by atoms with Gasteiger partial charge in [0.1, 0.15) is 0 Å². The van der Waals surface area contributed by atoms with Crippen molar-refractivity contribution >= 4 is 129 Å². The standard InChI is InChI=1S/3C40H26/c1-3-15-31-27(11-1)13-9-21-32(31)29-23-25-30(26-24-29)39-35-17-5-7-19-37(35)40(38-20-8-6-18-36(38)39)34-22-10-14-28-12-2-4-16-33(28)34;1-2-13-29-25-31(24-23-27(29)11-1)30-15-9-16-32(26-30)39-35-18-5-7-20-37(35)40(38-21-8-6-19-36(38)39)34-22-10-14-28-12-3-4-17-33(28)34;1-2-12-31-26-32(25-22-27(31)10-1)28-20-23-30(24-21-28)39-35-15-5-7-17-37(35)40(38-18-8-6-16-36(38)39)34-19-9-13-29-11-3-4-14-33(29)34/h3*1-26H. The van der Waals surface area contributed by atoms with E-state index in [9.17, 15) is 0 Å². The minimum atomic E-state index is 1.23. The number of benzene rings is 24. The van der Waals surface area contributed by atoms with Crippen LogP contribution in [-0.4, -0.2) is 0 Å². The Morgan fingerprint density at radius 2 is 0.283 bits per heavy atom. The van der Waals surface area contributed by atoms with Crippen LogP contribution in [0.5, 0.6) is 0 Å². The molecule has 0 saturated carbocycles. The molecular weight excluding hydrogens is 1440 g/mol. The third kappa shape index (κ3) is 12.7. The highest BCUT2D eigenvalue weighted by Crippen LogP contribution is 2.50. The van der Waals surface area contributed by atoms with Crippen molar-refractivity contribution < 1.29 is 0 Å². The fourth-order valence-corrected chi connectivity index (χ4v) is 19.2. The Kier molecular flexibility index (Phi) is 18.1. The summed E-state index contributed by atoms with van der Waals surface area (Å²) in [6.07, 6.45) is 0. The van der Waals surface area contributed by atoms with Gasteiger partial charge in [-0.05, 0) is 248 Å². The van der Waals surface area contributed by atoms with Crippen LogP contribution in [0.25, 0.3) is 229 Å². The zero-order chi connectivity index (χ0) is 79.4. The number of fused-ring (bicyclic) bond motifs is 12. The van der Waals surface area contributed by atoms with Gasteiger partial charge < -0.3 is 0 Å². The maximum absolute atomic E-state index is 2.36. The molecule has 0 heterocycles. The molecule has 24 aromatic carbocycles. The molecule has 0 aliphatic carbocycles. The molecule has 0 fully saturated rings. The number of rotatable bonds is 9. The average molecular weight is 1520 g/mol. The molecule has 0 N–H and O–H groups in total. The van der Waals surface area contributed by atoms with E-state index in [1.165, 1.54) is 229 Å².